The molecular weight excluding hydrogens is 490 g/mol. The van der Waals surface area contributed by atoms with E-state index < -0.39 is 0 Å². The van der Waals surface area contributed by atoms with E-state index in [0.717, 1.165) is 31.2 Å². The second kappa shape index (κ2) is 11.6. The molecule has 28 heavy (non-hydrogen) atoms. The third kappa shape index (κ3) is 6.31. The summed E-state index contributed by atoms with van der Waals surface area (Å²) < 4.78 is 19.8. The fraction of sp³-hybridized carbons (Fsp3) is 0.450. The Morgan fingerprint density at radius 2 is 2.07 bits per heavy atom. The van der Waals surface area contributed by atoms with Crippen molar-refractivity contribution in [1.29, 1.82) is 0 Å². The maximum Gasteiger partial charge on any atom is 0.191 e. The second-order valence-corrected chi connectivity index (χ2v) is 7.59. The molecule has 1 saturated heterocycles. The summed E-state index contributed by atoms with van der Waals surface area (Å²) in [6.45, 7) is 6.26. The van der Waals surface area contributed by atoms with Gasteiger partial charge in [0.1, 0.15) is 5.82 Å². The van der Waals surface area contributed by atoms with Gasteiger partial charge in [-0.15, -0.1) is 35.3 Å². The third-order valence-electron chi connectivity index (χ3n) is 4.65. The highest BCUT2D eigenvalue weighted by atomic mass is 127. The van der Waals surface area contributed by atoms with Crippen LogP contribution in [0, 0.1) is 5.82 Å². The fourth-order valence-corrected chi connectivity index (χ4v) is 3.84. The molecule has 8 heteroatoms. The molecule has 3 rings (SSSR count). The Bertz CT molecular complexity index is 751. The van der Waals surface area contributed by atoms with Crippen molar-refractivity contribution in [3.05, 3.63) is 52.0 Å². The summed E-state index contributed by atoms with van der Waals surface area (Å²) in [5.74, 6) is 0.940. The molecule has 1 aliphatic rings. The zero-order valence-electron chi connectivity index (χ0n) is 16.3. The first-order valence-electron chi connectivity index (χ1n) is 9.26. The average Bonchev–Trinajstić information content (AvgIpc) is 3.23. The fourth-order valence-electron chi connectivity index (χ4n) is 3.05. The Morgan fingerprint density at radius 3 is 2.71 bits per heavy atom. The first kappa shape index (κ1) is 22.9. The van der Waals surface area contributed by atoms with Crippen molar-refractivity contribution in [2.75, 3.05) is 44.8 Å². The molecule has 2 aromatic rings. The Kier molecular flexibility index (Phi) is 9.46. The maximum atomic E-state index is 14.5. The van der Waals surface area contributed by atoms with Crippen LogP contribution in [-0.2, 0) is 11.3 Å². The lowest BCUT2D eigenvalue weighted by molar-refractivity contribution is 0.122. The molecule has 0 radical (unpaired) electrons. The third-order valence-corrected chi connectivity index (χ3v) is 5.76. The van der Waals surface area contributed by atoms with Gasteiger partial charge in [-0.05, 0) is 29.1 Å². The molecule has 0 amide bonds. The highest BCUT2D eigenvalue weighted by molar-refractivity contribution is 14.0. The number of anilines is 1. The van der Waals surface area contributed by atoms with Crippen LogP contribution >= 0.6 is 35.3 Å². The number of rotatable bonds is 6. The van der Waals surface area contributed by atoms with Crippen molar-refractivity contribution in [1.82, 2.24) is 10.6 Å². The smallest absolute Gasteiger partial charge is 0.191 e. The zero-order chi connectivity index (χ0) is 19.1. The minimum atomic E-state index is -0.189. The molecule has 1 aromatic carbocycles. The van der Waals surface area contributed by atoms with Crippen LogP contribution in [0.1, 0.15) is 23.3 Å². The van der Waals surface area contributed by atoms with Crippen molar-refractivity contribution < 1.29 is 9.13 Å². The van der Waals surface area contributed by atoms with Gasteiger partial charge in [-0.3, -0.25) is 4.99 Å². The Balaban J connectivity index is 0.00000280. The van der Waals surface area contributed by atoms with Gasteiger partial charge in [-0.25, -0.2) is 4.39 Å². The average molecular weight is 518 g/mol. The quantitative estimate of drug-likeness (QED) is 0.347. The largest absolute Gasteiger partial charge is 0.378 e. The van der Waals surface area contributed by atoms with Gasteiger partial charge in [0.2, 0.25) is 0 Å². The lowest BCUT2D eigenvalue weighted by atomic mass is 10.1. The van der Waals surface area contributed by atoms with Crippen LogP contribution in [0.5, 0.6) is 0 Å². The van der Waals surface area contributed by atoms with E-state index in [1.807, 2.05) is 17.0 Å². The van der Waals surface area contributed by atoms with Gasteiger partial charge in [0.15, 0.2) is 5.96 Å². The first-order chi connectivity index (χ1) is 13.2. The summed E-state index contributed by atoms with van der Waals surface area (Å²) in [4.78, 5) is 7.63. The van der Waals surface area contributed by atoms with E-state index in [0.29, 0.717) is 31.4 Å². The van der Waals surface area contributed by atoms with Crippen molar-refractivity contribution in [3.63, 3.8) is 0 Å². The Morgan fingerprint density at radius 1 is 1.29 bits per heavy atom. The highest BCUT2D eigenvalue weighted by Crippen LogP contribution is 2.22. The zero-order valence-corrected chi connectivity index (χ0v) is 19.4. The predicted molar refractivity (Wildman–Crippen MR) is 126 cm³/mol. The number of ether oxygens (including phenoxy) is 1. The van der Waals surface area contributed by atoms with Gasteiger partial charge in [-0.2, -0.15) is 0 Å². The predicted octanol–water partition coefficient (Wildman–Crippen LogP) is 3.81. The van der Waals surface area contributed by atoms with Crippen LogP contribution in [0.3, 0.4) is 0 Å². The van der Waals surface area contributed by atoms with Gasteiger partial charge < -0.3 is 20.3 Å². The van der Waals surface area contributed by atoms with E-state index in [4.69, 9.17) is 4.74 Å². The monoisotopic (exact) mass is 518 g/mol. The molecular formula is C20H28FIN4OS. The molecule has 2 heterocycles. The normalized spacial score (nSPS) is 15.7. The number of morpholine rings is 1. The standard InChI is InChI=1S/C20H27FN4OS.HI/c1-15(19-4-3-11-27-19)13-23-20(22-2)24-14-16-5-6-18(17(21)12-16)25-7-9-26-10-8-25;/h3-6,11-12,15H,7-10,13-14H2,1-2H3,(H2,22,23,24);1H. The van der Waals surface area contributed by atoms with E-state index >= 15 is 0 Å². The van der Waals surface area contributed by atoms with E-state index in [9.17, 15) is 4.39 Å². The van der Waals surface area contributed by atoms with E-state index in [2.05, 4.69) is 40.1 Å². The molecule has 0 aliphatic carbocycles. The summed E-state index contributed by atoms with van der Waals surface area (Å²) in [6.07, 6.45) is 0. The van der Waals surface area contributed by atoms with Crippen molar-refractivity contribution >= 4 is 47.0 Å². The SMILES string of the molecule is CN=C(NCc1ccc(N2CCOCC2)c(F)c1)NCC(C)c1cccs1.I. The molecule has 5 nitrogen and oxygen atoms in total. The number of guanidine groups is 1. The first-order valence-corrected chi connectivity index (χ1v) is 10.1. The lowest BCUT2D eigenvalue weighted by Crippen LogP contribution is -2.38. The van der Waals surface area contributed by atoms with Crippen LogP contribution in [0.15, 0.2) is 40.7 Å². The lowest BCUT2D eigenvalue weighted by Gasteiger charge is -2.29. The molecule has 1 atom stereocenters. The summed E-state index contributed by atoms with van der Waals surface area (Å²) in [6, 6.07) is 9.62. The summed E-state index contributed by atoms with van der Waals surface area (Å²) >= 11 is 1.76. The molecule has 0 bridgehead atoms. The number of halogens is 2. The number of nitrogens with one attached hydrogen (secondary N) is 2. The molecule has 1 fully saturated rings. The van der Waals surface area contributed by atoms with Crippen LogP contribution in [0.4, 0.5) is 10.1 Å². The Hall–Kier alpha value is -1.39. The summed E-state index contributed by atoms with van der Waals surface area (Å²) in [5, 5.41) is 8.68. The Labute approximate surface area is 187 Å². The molecule has 1 unspecified atom stereocenters. The highest BCUT2D eigenvalue weighted by Gasteiger charge is 2.15. The second-order valence-electron chi connectivity index (χ2n) is 6.61. The number of thiophene rings is 1. The van der Waals surface area contributed by atoms with Crippen molar-refractivity contribution in [2.24, 2.45) is 4.99 Å². The number of nitrogens with zero attached hydrogens (tertiary/aromatic N) is 2. The number of hydrogen-bond donors (Lipinski definition) is 2. The van der Waals surface area contributed by atoms with Crippen LogP contribution < -0.4 is 15.5 Å². The minimum absolute atomic E-state index is 0. The molecule has 0 spiro atoms. The van der Waals surface area contributed by atoms with Crippen LogP contribution in [-0.4, -0.2) is 45.9 Å². The van der Waals surface area contributed by atoms with Gasteiger partial charge in [-0.1, -0.05) is 19.1 Å². The molecule has 1 aromatic heterocycles. The van der Waals surface area contributed by atoms with Crippen molar-refractivity contribution in [3.8, 4) is 0 Å². The van der Waals surface area contributed by atoms with Crippen molar-refractivity contribution in [2.45, 2.75) is 19.4 Å². The van der Waals surface area contributed by atoms with Gasteiger partial charge in [0, 0.05) is 44.0 Å². The molecule has 2 N–H and O–H groups in total. The van der Waals surface area contributed by atoms with Gasteiger partial charge in [0.05, 0.1) is 18.9 Å². The number of benzene rings is 1. The van der Waals surface area contributed by atoms with Crippen LogP contribution in [0.2, 0.25) is 0 Å². The van der Waals surface area contributed by atoms with Gasteiger partial charge in [0.25, 0.3) is 0 Å². The van der Waals surface area contributed by atoms with E-state index in [1.165, 1.54) is 4.88 Å². The maximum absolute atomic E-state index is 14.5. The minimum Gasteiger partial charge on any atom is -0.378 e. The summed E-state index contributed by atoms with van der Waals surface area (Å²) in [5.41, 5.74) is 1.54. The number of aliphatic imine (C=N–C) groups is 1. The number of hydrogen-bond acceptors (Lipinski definition) is 4. The van der Waals surface area contributed by atoms with Crippen LogP contribution in [0.25, 0.3) is 0 Å². The topological polar surface area (TPSA) is 48.9 Å². The molecule has 1 aliphatic heterocycles. The van der Waals surface area contributed by atoms with Gasteiger partial charge >= 0.3 is 0 Å². The molecule has 0 saturated carbocycles. The summed E-state index contributed by atoms with van der Waals surface area (Å²) in [7, 11) is 1.74. The van der Waals surface area contributed by atoms with E-state index in [-0.39, 0.29) is 29.8 Å². The molecule has 154 valence electrons. The van der Waals surface area contributed by atoms with E-state index in [1.54, 1.807) is 24.5 Å².